The number of nitro benzene ring substituents is 1. The average Bonchev–Trinajstić information content (AvgIpc) is 3.36. The van der Waals surface area contributed by atoms with Crippen molar-refractivity contribution in [1.29, 1.82) is 0 Å². The van der Waals surface area contributed by atoms with Crippen molar-refractivity contribution in [2.24, 2.45) is 5.10 Å². The highest BCUT2D eigenvalue weighted by Gasteiger charge is 2.09. The number of nitrogens with one attached hydrogen (secondary N) is 1. The Bertz CT molecular complexity index is 1210. The molecule has 0 aliphatic carbocycles. The van der Waals surface area contributed by atoms with E-state index in [1.165, 1.54) is 18.3 Å². The maximum Gasteiger partial charge on any atom is 0.269 e. The van der Waals surface area contributed by atoms with E-state index >= 15 is 0 Å². The van der Waals surface area contributed by atoms with Crippen LogP contribution in [0.25, 0.3) is 22.4 Å². The summed E-state index contributed by atoms with van der Waals surface area (Å²) in [4.78, 5) is 26.6. The molecule has 4 rings (SSSR count). The Labute approximate surface area is 164 Å². The summed E-state index contributed by atoms with van der Waals surface area (Å²) in [5, 5.41) is 14.6. The highest BCUT2D eigenvalue weighted by atomic mass is 16.6. The molecule has 0 saturated carbocycles. The number of para-hydroxylation sites is 2. The lowest BCUT2D eigenvalue weighted by Gasteiger charge is -2.02. The maximum atomic E-state index is 12.1. The van der Waals surface area contributed by atoms with Crippen molar-refractivity contribution in [3.8, 4) is 11.3 Å². The molecule has 0 radical (unpaired) electrons. The predicted octanol–water partition coefficient (Wildman–Crippen LogP) is 3.35. The van der Waals surface area contributed by atoms with Crippen LogP contribution in [-0.4, -0.2) is 26.6 Å². The van der Waals surface area contributed by atoms with E-state index in [-0.39, 0.29) is 18.1 Å². The number of carbonyl (C=O) groups excluding carboxylic acids is 1. The largest absolute Gasteiger partial charge is 0.455 e. The number of amides is 1. The number of nitrogens with zero attached hydrogens (tertiary/aromatic N) is 4. The predicted molar refractivity (Wildman–Crippen MR) is 106 cm³/mol. The molecule has 144 valence electrons. The Balaban J connectivity index is 1.37. The lowest BCUT2D eigenvalue weighted by molar-refractivity contribution is -0.384. The van der Waals surface area contributed by atoms with Gasteiger partial charge in [0.2, 0.25) is 0 Å². The fourth-order valence-corrected chi connectivity index (χ4v) is 2.82. The van der Waals surface area contributed by atoms with Crippen LogP contribution >= 0.6 is 0 Å². The monoisotopic (exact) mass is 389 g/mol. The van der Waals surface area contributed by atoms with Gasteiger partial charge >= 0.3 is 0 Å². The molecule has 9 nitrogen and oxygen atoms in total. The van der Waals surface area contributed by atoms with Gasteiger partial charge in [-0.15, -0.1) is 0 Å². The summed E-state index contributed by atoms with van der Waals surface area (Å²) in [5.74, 6) is 0.677. The number of hydrazone groups is 1. The number of non-ortho nitro benzene ring substituents is 1. The van der Waals surface area contributed by atoms with E-state index in [9.17, 15) is 14.9 Å². The van der Waals surface area contributed by atoms with Crippen LogP contribution < -0.4 is 5.43 Å². The molecule has 1 amide bonds. The van der Waals surface area contributed by atoms with Gasteiger partial charge in [0, 0.05) is 17.7 Å². The van der Waals surface area contributed by atoms with Gasteiger partial charge in [-0.05, 0) is 36.4 Å². The minimum atomic E-state index is -0.459. The summed E-state index contributed by atoms with van der Waals surface area (Å²) < 4.78 is 7.37. The van der Waals surface area contributed by atoms with E-state index in [2.05, 4.69) is 15.5 Å². The second kappa shape index (κ2) is 7.77. The second-order valence-electron chi connectivity index (χ2n) is 6.16. The Morgan fingerprint density at radius 1 is 1.17 bits per heavy atom. The third-order valence-electron chi connectivity index (χ3n) is 4.21. The first kappa shape index (κ1) is 18.1. The molecule has 0 spiro atoms. The van der Waals surface area contributed by atoms with Crippen LogP contribution in [0.2, 0.25) is 0 Å². The van der Waals surface area contributed by atoms with Crippen LogP contribution in [0.3, 0.4) is 0 Å². The van der Waals surface area contributed by atoms with Gasteiger partial charge in [-0.1, -0.05) is 12.1 Å². The molecule has 0 bridgehead atoms. The van der Waals surface area contributed by atoms with Crippen molar-refractivity contribution < 1.29 is 14.1 Å². The van der Waals surface area contributed by atoms with E-state index in [1.54, 1.807) is 35.2 Å². The van der Waals surface area contributed by atoms with Crippen molar-refractivity contribution in [3.63, 3.8) is 0 Å². The molecular weight excluding hydrogens is 374 g/mol. The number of fused-ring (bicyclic) bond motifs is 1. The highest BCUT2D eigenvalue weighted by Crippen LogP contribution is 2.24. The summed E-state index contributed by atoms with van der Waals surface area (Å²) in [5.41, 5.74) is 4.84. The number of rotatable bonds is 6. The Kier molecular flexibility index (Phi) is 4.85. The van der Waals surface area contributed by atoms with Gasteiger partial charge in [-0.25, -0.2) is 10.4 Å². The normalized spacial score (nSPS) is 11.2. The number of benzene rings is 2. The van der Waals surface area contributed by atoms with Crippen LogP contribution in [-0.2, 0) is 11.3 Å². The number of nitro groups is 1. The molecule has 0 atom stereocenters. The van der Waals surface area contributed by atoms with Crippen molar-refractivity contribution in [2.45, 2.75) is 6.54 Å². The fraction of sp³-hybridized carbons (Fsp3) is 0.0500. The first-order valence-electron chi connectivity index (χ1n) is 8.66. The molecule has 29 heavy (non-hydrogen) atoms. The average molecular weight is 389 g/mol. The van der Waals surface area contributed by atoms with Gasteiger partial charge in [0.15, 0.2) is 0 Å². The Hall–Kier alpha value is -4.27. The minimum Gasteiger partial charge on any atom is -0.455 e. The maximum absolute atomic E-state index is 12.1. The molecule has 0 aliphatic rings. The number of imidazole rings is 1. The molecule has 9 heteroatoms. The third-order valence-corrected chi connectivity index (χ3v) is 4.21. The Morgan fingerprint density at radius 3 is 2.76 bits per heavy atom. The van der Waals surface area contributed by atoms with E-state index in [0.717, 1.165) is 11.0 Å². The van der Waals surface area contributed by atoms with Crippen molar-refractivity contribution >= 4 is 28.8 Å². The smallest absolute Gasteiger partial charge is 0.269 e. The molecular formula is C20H15N5O4. The minimum absolute atomic E-state index is 0.00970. The molecule has 0 saturated heterocycles. The third kappa shape index (κ3) is 4.03. The molecule has 4 aromatic rings. The topological polar surface area (TPSA) is 116 Å². The summed E-state index contributed by atoms with van der Waals surface area (Å²) >= 11 is 0. The number of carbonyl (C=O) groups is 1. The zero-order chi connectivity index (χ0) is 20.2. The van der Waals surface area contributed by atoms with Gasteiger partial charge in [-0.3, -0.25) is 14.9 Å². The number of aromatic nitrogens is 2. The van der Waals surface area contributed by atoms with Crippen LogP contribution in [0, 0.1) is 10.1 Å². The quantitative estimate of drug-likeness (QED) is 0.308. The van der Waals surface area contributed by atoms with E-state index in [1.807, 2.05) is 24.3 Å². The number of hydrogen-bond acceptors (Lipinski definition) is 6. The number of hydrogen-bond donors (Lipinski definition) is 1. The van der Waals surface area contributed by atoms with Crippen LogP contribution in [0.15, 0.2) is 76.5 Å². The summed E-state index contributed by atoms with van der Waals surface area (Å²) in [7, 11) is 0. The lowest BCUT2D eigenvalue weighted by atomic mass is 10.1. The first-order valence-corrected chi connectivity index (χ1v) is 8.66. The zero-order valence-electron chi connectivity index (χ0n) is 15.1. The summed E-state index contributed by atoms with van der Waals surface area (Å²) in [6.07, 6.45) is 3.00. The lowest BCUT2D eigenvalue weighted by Crippen LogP contribution is -2.22. The van der Waals surface area contributed by atoms with Crippen LogP contribution in [0.5, 0.6) is 0 Å². The van der Waals surface area contributed by atoms with Gasteiger partial charge in [0.1, 0.15) is 18.1 Å². The zero-order valence-corrected chi connectivity index (χ0v) is 15.1. The van der Waals surface area contributed by atoms with Crippen molar-refractivity contribution in [1.82, 2.24) is 15.0 Å². The fourth-order valence-electron chi connectivity index (χ4n) is 2.82. The van der Waals surface area contributed by atoms with E-state index < -0.39 is 4.92 Å². The first-order chi connectivity index (χ1) is 14.1. The van der Waals surface area contributed by atoms with Gasteiger partial charge in [0.25, 0.3) is 11.6 Å². The Morgan fingerprint density at radius 2 is 1.97 bits per heavy atom. The molecule has 0 unspecified atom stereocenters. The van der Waals surface area contributed by atoms with Crippen molar-refractivity contribution in [3.05, 3.63) is 82.9 Å². The van der Waals surface area contributed by atoms with E-state index in [4.69, 9.17) is 4.42 Å². The molecule has 0 aliphatic heterocycles. The van der Waals surface area contributed by atoms with E-state index in [0.29, 0.717) is 17.1 Å². The van der Waals surface area contributed by atoms with Crippen molar-refractivity contribution in [2.75, 3.05) is 0 Å². The van der Waals surface area contributed by atoms with Gasteiger partial charge in [0.05, 0.1) is 28.5 Å². The summed E-state index contributed by atoms with van der Waals surface area (Å²) in [6, 6.07) is 17.0. The highest BCUT2D eigenvalue weighted by molar-refractivity contribution is 5.82. The van der Waals surface area contributed by atoms with Crippen LogP contribution in [0.1, 0.15) is 5.76 Å². The number of furan rings is 1. The molecule has 2 aromatic carbocycles. The molecule has 0 fully saturated rings. The summed E-state index contributed by atoms with van der Waals surface area (Å²) in [6.45, 7) is 0.0874. The molecule has 2 heterocycles. The van der Waals surface area contributed by atoms with Gasteiger partial charge in [-0.2, -0.15) is 5.10 Å². The second-order valence-corrected chi connectivity index (χ2v) is 6.16. The molecule has 1 N–H and O–H groups in total. The molecule has 2 aromatic heterocycles. The standard InChI is InChI=1S/C20H15N5O4/c26-20(12-24-13-21-17-3-1-2-4-18(17)24)23-22-11-16-9-10-19(29-16)14-5-7-15(8-6-14)25(27)28/h1-11,13H,12H2,(H,23,26)/b22-11+. The SMILES string of the molecule is O=C(Cn1cnc2ccccc21)N/N=C/c1ccc(-c2ccc([N+](=O)[O-])cc2)o1. The van der Waals surface area contributed by atoms with Crippen LogP contribution in [0.4, 0.5) is 5.69 Å². The van der Waals surface area contributed by atoms with Gasteiger partial charge < -0.3 is 8.98 Å².